The van der Waals surface area contributed by atoms with Gasteiger partial charge in [0.05, 0.1) is 13.8 Å². The minimum absolute atomic E-state index is 0.00689. The summed E-state index contributed by atoms with van der Waals surface area (Å²) in [6.07, 6.45) is 0. The van der Waals surface area contributed by atoms with Gasteiger partial charge in [-0.05, 0) is 56.0 Å². The predicted molar refractivity (Wildman–Crippen MR) is 116 cm³/mol. The number of benzene rings is 2. The lowest BCUT2D eigenvalue weighted by Gasteiger charge is -2.18. The zero-order valence-corrected chi connectivity index (χ0v) is 18.4. The molecule has 160 valence electrons. The summed E-state index contributed by atoms with van der Waals surface area (Å²) in [4.78, 5) is 2.01. The third kappa shape index (κ3) is 5.97. The predicted octanol–water partition coefficient (Wildman–Crippen LogP) is 5.43. The van der Waals surface area contributed by atoms with E-state index in [1.807, 2.05) is 43.1 Å². The molecule has 2 aromatic carbocycles. The molecule has 0 saturated carbocycles. The highest BCUT2D eigenvalue weighted by molar-refractivity contribution is 7.73. The molecule has 0 radical (unpaired) electrons. The molecule has 0 saturated heterocycles. The normalized spacial score (nSPS) is 11.2. The van der Waals surface area contributed by atoms with E-state index < -0.39 is 6.61 Å². The van der Waals surface area contributed by atoms with Gasteiger partial charge in [0.15, 0.2) is 15.5 Å². The van der Waals surface area contributed by atoms with Gasteiger partial charge < -0.3 is 14.8 Å². The van der Waals surface area contributed by atoms with Crippen molar-refractivity contribution in [3.63, 3.8) is 0 Å². The quantitative estimate of drug-likeness (QED) is 0.437. The van der Waals surface area contributed by atoms with Gasteiger partial charge in [0.25, 0.3) is 0 Å². The molecule has 0 spiro atoms. The number of methoxy groups -OCH3 is 1. The van der Waals surface area contributed by atoms with Gasteiger partial charge in [0.1, 0.15) is 0 Å². The zero-order valence-electron chi connectivity index (χ0n) is 16.8. The third-order valence-corrected chi connectivity index (χ3v) is 5.40. The van der Waals surface area contributed by atoms with Crippen LogP contribution in [0.3, 0.4) is 0 Å². The Kier molecular flexibility index (Phi) is 7.35. The van der Waals surface area contributed by atoms with Gasteiger partial charge >= 0.3 is 6.61 Å². The number of hydrogen-bond donors (Lipinski definition) is 1. The maximum Gasteiger partial charge on any atom is 0.387 e. The van der Waals surface area contributed by atoms with Crippen LogP contribution in [0.4, 0.5) is 19.6 Å². The standard InChI is InChI=1S/C20H22F2N4O2S2/c1-13-4-7-15(8-5-13)23-19-24-26(20(29)30-19)12-25(2)11-14-6-9-16(28-18(21)22)17(10-14)27-3/h4-10,18H,11-12H2,1-3H3,(H,23,24). The molecule has 0 fully saturated rings. The van der Waals surface area contributed by atoms with Crippen LogP contribution in [0.5, 0.6) is 11.5 Å². The van der Waals surface area contributed by atoms with Gasteiger partial charge in [-0.3, -0.25) is 4.90 Å². The molecule has 30 heavy (non-hydrogen) atoms. The van der Waals surface area contributed by atoms with E-state index in [4.69, 9.17) is 17.0 Å². The van der Waals surface area contributed by atoms with Crippen molar-refractivity contribution in [1.29, 1.82) is 0 Å². The van der Waals surface area contributed by atoms with Crippen molar-refractivity contribution in [3.8, 4) is 11.5 Å². The number of rotatable bonds is 9. The summed E-state index contributed by atoms with van der Waals surface area (Å²) in [6, 6.07) is 12.9. The van der Waals surface area contributed by atoms with Crippen LogP contribution in [0.25, 0.3) is 0 Å². The van der Waals surface area contributed by atoms with Crippen LogP contribution >= 0.6 is 23.6 Å². The van der Waals surface area contributed by atoms with Crippen LogP contribution in [0, 0.1) is 10.9 Å². The van der Waals surface area contributed by atoms with E-state index in [0.717, 1.165) is 11.3 Å². The summed E-state index contributed by atoms with van der Waals surface area (Å²) in [5.74, 6) is 0.267. The van der Waals surface area contributed by atoms with Crippen LogP contribution in [0.2, 0.25) is 0 Å². The lowest BCUT2D eigenvalue weighted by molar-refractivity contribution is -0.0512. The molecule has 0 bridgehead atoms. The van der Waals surface area contributed by atoms with E-state index in [1.165, 1.54) is 30.1 Å². The monoisotopic (exact) mass is 452 g/mol. The fourth-order valence-electron chi connectivity index (χ4n) is 2.80. The van der Waals surface area contributed by atoms with Crippen molar-refractivity contribution < 1.29 is 18.3 Å². The number of hydrogen-bond acceptors (Lipinski definition) is 7. The van der Waals surface area contributed by atoms with E-state index >= 15 is 0 Å². The Morgan fingerprint density at radius 2 is 1.93 bits per heavy atom. The van der Waals surface area contributed by atoms with E-state index in [-0.39, 0.29) is 11.5 Å². The smallest absolute Gasteiger partial charge is 0.387 e. The molecule has 1 N–H and O–H groups in total. The van der Waals surface area contributed by atoms with Crippen molar-refractivity contribution in [2.24, 2.45) is 0 Å². The second-order valence-electron chi connectivity index (χ2n) is 6.68. The van der Waals surface area contributed by atoms with Crippen LogP contribution in [0.15, 0.2) is 42.5 Å². The minimum atomic E-state index is -2.90. The molecule has 0 amide bonds. The first kappa shape index (κ1) is 22.1. The zero-order chi connectivity index (χ0) is 21.7. The van der Waals surface area contributed by atoms with Gasteiger partial charge in [-0.25, -0.2) is 4.68 Å². The molecule has 0 atom stereocenters. The van der Waals surface area contributed by atoms with E-state index in [9.17, 15) is 8.78 Å². The highest BCUT2D eigenvalue weighted by Gasteiger charge is 2.13. The highest BCUT2D eigenvalue weighted by Crippen LogP contribution is 2.30. The van der Waals surface area contributed by atoms with Crippen molar-refractivity contribution in [2.45, 2.75) is 26.7 Å². The number of ether oxygens (including phenoxy) is 2. The van der Waals surface area contributed by atoms with Gasteiger partial charge in [-0.15, -0.1) is 5.10 Å². The Bertz CT molecular complexity index is 1040. The molecular formula is C20H22F2N4O2S2. The van der Waals surface area contributed by atoms with Gasteiger partial charge in [0, 0.05) is 12.2 Å². The van der Waals surface area contributed by atoms with Crippen molar-refractivity contribution in [1.82, 2.24) is 14.7 Å². The molecule has 3 rings (SSSR count). The molecule has 1 heterocycles. The van der Waals surface area contributed by atoms with E-state index in [2.05, 4.69) is 15.2 Å². The largest absolute Gasteiger partial charge is 0.493 e. The molecule has 0 unspecified atom stereocenters. The van der Waals surface area contributed by atoms with Crippen LogP contribution < -0.4 is 14.8 Å². The first-order valence-corrected chi connectivity index (χ1v) is 10.3. The van der Waals surface area contributed by atoms with E-state index in [1.54, 1.807) is 16.8 Å². The SMILES string of the molecule is COc1cc(CN(C)Cn2nc(Nc3ccc(C)cc3)sc2=S)ccc1OC(F)F. The first-order valence-electron chi connectivity index (χ1n) is 9.06. The Labute approximate surface area is 182 Å². The van der Waals surface area contributed by atoms with Crippen molar-refractivity contribution in [2.75, 3.05) is 19.5 Å². The van der Waals surface area contributed by atoms with Gasteiger partial charge in [0.2, 0.25) is 5.13 Å². The number of aromatic nitrogens is 2. The van der Waals surface area contributed by atoms with Crippen LogP contribution in [0.1, 0.15) is 11.1 Å². The second-order valence-corrected chi connectivity index (χ2v) is 8.31. The van der Waals surface area contributed by atoms with Crippen molar-refractivity contribution >= 4 is 34.4 Å². The molecular weight excluding hydrogens is 430 g/mol. The van der Waals surface area contributed by atoms with Gasteiger partial charge in [-0.2, -0.15) is 8.78 Å². The maximum absolute atomic E-state index is 12.5. The molecule has 10 heteroatoms. The number of alkyl halides is 2. The van der Waals surface area contributed by atoms with Crippen LogP contribution in [-0.2, 0) is 13.2 Å². The number of aryl methyl sites for hydroxylation is 1. The topological polar surface area (TPSA) is 51.5 Å². The Hall–Kier alpha value is -2.56. The number of halogens is 2. The summed E-state index contributed by atoms with van der Waals surface area (Å²) in [5.41, 5.74) is 3.02. The average Bonchev–Trinajstić information content (AvgIpc) is 3.03. The summed E-state index contributed by atoms with van der Waals surface area (Å²) < 4.78 is 37.0. The first-order chi connectivity index (χ1) is 14.3. The second kappa shape index (κ2) is 9.96. The summed E-state index contributed by atoms with van der Waals surface area (Å²) >= 11 is 6.83. The van der Waals surface area contributed by atoms with Gasteiger partial charge in [-0.1, -0.05) is 35.1 Å². The fourth-order valence-corrected chi connectivity index (χ4v) is 3.81. The summed E-state index contributed by atoms with van der Waals surface area (Å²) in [6.45, 7) is 0.155. The lowest BCUT2D eigenvalue weighted by atomic mass is 10.2. The van der Waals surface area contributed by atoms with E-state index in [0.29, 0.717) is 22.3 Å². The molecule has 3 aromatic rings. The lowest BCUT2D eigenvalue weighted by Crippen LogP contribution is -2.22. The molecule has 0 aliphatic heterocycles. The molecule has 1 aromatic heterocycles. The number of anilines is 2. The van der Waals surface area contributed by atoms with Crippen LogP contribution in [-0.4, -0.2) is 35.4 Å². The average molecular weight is 453 g/mol. The third-order valence-electron chi connectivity index (χ3n) is 4.18. The maximum atomic E-state index is 12.5. The Balaban J connectivity index is 1.65. The number of nitrogens with one attached hydrogen (secondary N) is 1. The minimum Gasteiger partial charge on any atom is -0.493 e. The highest BCUT2D eigenvalue weighted by atomic mass is 32.1. The van der Waals surface area contributed by atoms with Crippen molar-refractivity contribution in [3.05, 3.63) is 57.5 Å². The molecule has 6 nitrogen and oxygen atoms in total. The Morgan fingerprint density at radius 1 is 1.20 bits per heavy atom. The number of nitrogens with zero attached hydrogens (tertiary/aromatic N) is 3. The Morgan fingerprint density at radius 3 is 2.60 bits per heavy atom. The summed E-state index contributed by atoms with van der Waals surface area (Å²) in [5, 5.41) is 8.52. The molecule has 0 aliphatic rings. The summed E-state index contributed by atoms with van der Waals surface area (Å²) in [7, 11) is 3.34. The fraction of sp³-hybridized carbons (Fsp3) is 0.300. The molecule has 0 aliphatic carbocycles.